The summed E-state index contributed by atoms with van der Waals surface area (Å²) < 4.78 is 0. The molecule has 0 aromatic heterocycles. The van der Waals surface area contributed by atoms with E-state index in [0.29, 0.717) is 0 Å². The molecule has 306 valence electrons. The molecule has 3 heteroatoms. The second kappa shape index (κ2) is 40.9. The Balaban J connectivity index is 2.61. The van der Waals surface area contributed by atoms with E-state index in [0.717, 1.165) is 0 Å². The molecular weight excluding hydrogens is 685 g/mol. The Morgan fingerprint density at radius 3 is 0.827 bits per heavy atom. The molecule has 52 heavy (non-hydrogen) atoms. The maximum atomic E-state index is 2.62. The first-order chi connectivity index (χ1) is 25.8. The van der Waals surface area contributed by atoms with Crippen molar-refractivity contribution in [1.29, 1.82) is 0 Å². The van der Waals surface area contributed by atoms with E-state index in [2.05, 4.69) is 75.1 Å². The van der Waals surface area contributed by atoms with Gasteiger partial charge in [0.25, 0.3) is 0 Å². The number of benzene rings is 1. The van der Waals surface area contributed by atoms with Crippen molar-refractivity contribution < 1.29 is 0 Å². The van der Waals surface area contributed by atoms with Gasteiger partial charge >= 0.3 is 0 Å². The molecule has 0 saturated heterocycles. The van der Waals surface area contributed by atoms with Gasteiger partial charge in [0.05, 0.1) is 0 Å². The molecule has 0 nitrogen and oxygen atoms in total. The van der Waals surface area contributed by atoms with E-state index in [9.17, 15) is 0 Å². The van der Waals surface area contributed by atoms with Gasteiger partial charge in [0.2, 0.25) is 0 Å². The second-order valence-electron chi connectivity index (χ2n) is 16.2. The van der Waals surface area contributed by atoms with E-state index in [-0.39, 0.29) is 0 Å². The highest BCUT2D eigenvalue weighted by atomic mass is 32.2. The molecule has 0 amide bonds. The SMILES string of the molecule is CCCCCCCCCCCCCSc1cc(CCCC)cc(SCCCCCCCCCCCCC)c1SCCCCCCCCCCCCC. The van der Waals surface area contributed by atoms with Crippen LogP contribution in [-0.2, 0) is 6.42 Å². The summed E-state index contributed by atoms with van der Waals surface area (Å²) in [5.41, 5.74) is 1.60. The van der Waals surface area contributed by atoms with Crippen LogP contribution in [0.15, 0.2) is 26.8 Å². The lowest BCUT2D eigenvalue weighted by Gasteiger charge is -2.17. The van der Waals surface area contributed by atoms with Crippen molar-refractivity contribution in [2.24, 2.45) is 0 Å². The van der Waals surface area contributed by atoms with Crippen molar-refractivity contribution in [2.45, 2.75) is 274 Å². The van der Waals surface area contributed by atoms with Crippen LogP contribution >= 0.6 is 35.3 Å². The summed E-state index contributed by atoms with van der Waals surface area (Å²) >= 11 is 6.61. The minimum absolute atomic E-state index is 1.25. The minimum Gasteiger partial charge on any atom is -0.125 e. The molecule has 1 aromatic carbocycles. The van der Waals surface area contributed by atoms with E-state index in [1.807, 2.05) is 0 Å². The molecule has 0 aliphatic carbocycles. The van der Waals surface area contributed by atoms with Gasteiger partial charge in [-0.1, -0.05) is 227 Å². The number of thioether (sulfide) groups is 3. The Labute approximate surface area is 341 Å². The van der Waals surface area contributed by atoms with Crippen LogP contribution in [0, 0.1) is 0 Å². The highest BCUT2D eigenvalue weighted by molar-refractivity contribution is 8.03. The van der Waals surface area contributed by atoms with Crippen molar-refractivity contribution in [3.05, 3.63) is 17.7 Å². The van der Waals surface area contributed by atoms with Gasteiger partial charge in [-0.15, -0.1) is 35.3 Å². The molecule has 0 spiro atoms. The third-order valence-electron chi connectivity index (χ3n) is 10.9. The van der Waals surface area contributed by atoms with Gasteiger partial charge in [0.1, 0.15) is 0 Å². The van der Waals surface area contributed by atoms with Gasteiger partial charge in [-0.2, -0.15) is 0 Å². The largest absolute Gasteiger partial charge is 0.125 e. The van der Waals surface area contributed by atoms with Gasteiger partial charge in [-0.3, -0.25) is 0 Å². The van der Waals surface area contributed by atoms with Crippen molar-refractivity contribution in [1.82, 2.24) is 0 Å². The average molecular weight is 777 g/mol. The first-order valence-electron chi connectivity index (χ1n) is 23.8. The summed E-state index contributed by atoms with van der Waals surface area (Å²) in [5.74, 6) is 3.88. The second-order valence-corrected chi connectivity index (χ2v) is 19.6. The molecule has 0 saturated carbocycles. The van der Waals surface area contributed by atoms with Crippen LogP contribution in [0.1, 0.15) is 258 Å². The molecule has 1 aromatic rings. The fourth-order valence-corrected chi connectivity index (χ4v) is 11.2. The van der Waals surface area contributed by atoms with Crippen molar-refractivity contribution in [3.8, 4) is 0 Å². The molecule has 0 aliphatic rings. The molecule has 0 N–H and O–H groups in total. The van der Waals surface area contributed by atoms with Gasteiger partial charge in [-0.05, 0) is 67.1 Å². The number of hydrogen-bond acceptors (Lipinski definition) is 3. The van der Waals surface area contributed by atoms with E-state index < -0.39 is 0 Å². The predicted molar refractivity (Wildman–Crippen MR) is 247 cm³/mol. The maximum Gasteiger partial charge on any atom is 0.0344 e. The Kier molecular flexibility index (Phi) is 39.6. The number of aryl methyl sites for hydroxylation is 1. The molecule has 1 rings (SSSR count). The zero-order valence-corrected chi connectivity index (χ0v) is 38.4. The minimum atomic E-state index is 1.25. The lowest BCUT2D eigenvalue weighted by Crippen LogP contribution is -1.95. The highest BCUT2D eigenvalue weighted by Crippen LogP contribution is 2.41. The lowest BCUT2D eigenvalue weighted by molar-refractivity contribution is 0.555. The number of unbranched alkanes of at least 4 members (excludes halogenated alkanes) is 31. The predicted octanol–water partition coefficient (Wildman–Crippen LogP) is 19.2. The summed E-state index contributed by atoms with van der Waals surface area (Å²) in [6.45, 7) is 9.31. The van der Waals surface area contributed by atoms with Crippen LogP contribution in [0.4, 0.5) is 0 Å². The van der Waals surface area contributed by atoms with E-state index in [4.69, 9.17) is 0 Å². The standard InChI is InChI=1S/C49H92S3/c1-5-9-13-16-19-22-25-28-31-34-37-41-50-47-44-46(40-12-8-4)45-48(51-42-38-35-32-29-26-23-20-17-14-10-6-2)49(47)52-43-39-36-33-30-27-24-21-18-15-11-7-3/h44-45H,5-43H2,1-4H3. The fraction of sp³-hybridized carbons (Fsp3) is 0.878. The topological polar surface area (TPSA) is 0 Å². The summed E-state index contributed by atoms with van der Waals surface area (Å²) in [4.78, 5) is 4.89. The quantitative estimate of drug-likeness (QED) is 0.0479. The van der Waals surface area contributed by atoms with Crippen LogP contribution in [0.3, 0.4) is 0 Å². The first-order valence-corrected chi connectivity index (χ1v) is 26.8. The third kappa shape index (κ3) is 31.5. The van der Waals surface area contributed by atoms with Crippen LogP contribution in [0.25, 0.3) is 0 Å². The average Bonchev–Trinajstić information content (AvgIpc) is 3.15. The fourth-order valence-electron chi connectivity index (χ4n) is 7.35. The molecule has 0 heterocycles. The van der Waals surface area contributed by atoms with Crippen LogP contribution < -0.4 is 0 Å². The molecular formula is C49H92S3. The summed E-state index contributed by atoms with van der Waals surface area (Å²) in [5, 5.41) is 0. The molecule has 0 bridgehead atoms. The first kappa shape index (κ1) is 50.3. The third-order valence-corrected chi connectivity index (χ3v) is 14.6. The van der Waals surface area contributed by atoms with Crippen molar-refractivity contribution in [3.63, 3.8) is 0 Å². The smallest absolute Gasteiger partial charge is 0.0344 e. The number of rotatable bonds is 42. The van der Waals surface area contributed by atoms with E-state index >= 15 is 0 Å². The van der Waals surface area contributed by atoms with Gasteiger partial charge in [-0.25, -0.2) is 0 Å². The number of hydrogen-bond donors (Lipinski definition) is 0. The molecule has 0 radical (unpaired) electrons. The van der Waals surface area contributed by atoms with Crippen LogP contribution in [-0.4, -0.2) is 17.3 Å². The van der Waals surface area contributed by atoms with Gasteiger partial charge in [0.15, 0.2) is 0 Å². The van der Waals surface area contributed by atoms with Crippen molar-refractivity contribution >= 4 is 35.3 Å². The Morgan fingerprint density at radius 2 is 0.538 bits per heavy atom. The Bertz CT molecular complexity index is 802. The zero-order chi connectivity index (χ0) is 37.4. The molecule has 0 fully saturated rings. The Morgan fingerprint density at radius 1 is 0.288 bits per heavy atom. The van der Waals surface area contributed by atoms with E-state index in [1.165, 1.54) is 248 Å². The highest BCUT2D eigenvalue weighted by Gasteiger charge is 2.14. The Hall–Kier alpha value is 0.270. The molecule has 0 aliphatic heterocycles. The van der Waals surface area contributed by atoms with Crippen LogP contribution in [0.5, 0.6) is 0 Å². The monoisotopic (exact) mass is 777 g/mol. The summed E-state index contributed by atoms with van der Waals surface area (Å²) in [6.07, 6.45) is 51.1. The van der Waals surface area contributed by atoms with Gasteiger partial charge in [0, 0.05) is 14.7 Å². The van der Waals surface area contributed by atoms with Crippen LogP contribution in [0.2, 0.25) is 0 Å². The zero-order valence-electron chi connectivity index (χ0n) is 36.0. The van der Waals surface area contributed by atoms with Gasteiger partial charge < -0.3 is 0 Å². The maximum absolute atomic E-state index is 2.62. The summed E-state index contributed by atoms with van der Waals surface area (Å²) in [6, 6.07) is 5.24. The summed E-state index contributed by atoms with van der Waals surface area (Å²) in [7, 11) is 0. The van der Waals surface area contributed by atoms with E-state index in [1.54, 1.807) is 20.2 Å². The molecule has 0 atom stereocenters. The lowest BCUT2D eigenvalue weighted by atomic mass is 10.1. The normalized spacial score (nSPS) is 11.6. The molecule has 0 unspecified atom stereocenters. The van der Waals surface area contributed by atoms with Crippen molar-refractivity contribution in [2.75, 3.05) is 17.3 Å².